The highest BCUT2D eigenvalue weighted by Crippen LogP contribution is 2.34. The van der Waals surface area contributed by atoms with Crippen molar-refractivity contribution in [2.45, 2.75) is 19.0 Å². The lowest BCUT2D eigenvalue weighted by atomic mass is 10.1. The zero-order chi connectivity index (χ0) is 7.84. The fourth-order valence-corrected chi connectivity index (χ4v) is 1.56. The van der Waals surface area contributed by atoms with Crippen LogP contribution in [0.3, 0.4) is 0 Å². The van der Waals surface area contributed by atoms with Gasteiger partial charge in [0.1, 0.15) is 12.0 Å². The first-order valence-electron chi connectivity index (χ1n) is 3.70. The van der Waals surface area contributed by atoms with Crippen molar-refractivity contribution < 1.29 is 8.78 Å². The third kappa shape index (κ3) is 0.934. The predicted octanol–water partition coefficient (Wildman–Crippen LogP) is 2.78. The summed E-state index contributed by atoms with van der Waals surface area (Å²) in [6.45, 7) is 0. The molecule has 0 aromatic heterocycles. The molecule has 58 valence electrons. The van der Waals surface area contributed by atoms with Crippen LogP contribution in [0.5, 0.6) is 0 Å². The summed E-state index contributed by atoms with van der Waals surface area (Å²) in [5.74, 6) is -0.261. The third-order valence-corrected chi connectivity index (χ3v) is 2.14. The van der Waals surface area contributed by atoms with Gasteiger partial charge in [-0.05, 0) is 30.0 Å². The molecule has 0 aliphatic heterocycles. The SMILES string of the molecule is Fc1cccc2c1CCC2F. The van der Waals surface area contributed by atoms with Crippen molar-refractivity contribution in [1.29, 1.82) is 0 Å². The van der Waals surface area contributed by atoms with Gasteiger partial charge >= 0.3 is 0 Å². The molecule has 0 amide bonds. The minimum Gasteiger partial charge on any atom is -0.242 e. The highest BCUT2D eigenvalue weighted by atomic mass is 19.1. The molecule has 1 aliphatic carbocycles. The lowest BCUT2D eigenvalue weighted by Crippen LogP contribution is -1.87. The molecule has 0 saturated heterocycles. The maximum atomic E-state index is 12.9. The van der Waals surface area contributed by atoms with Crippen LogP contribution in [0.15, 0.2) is 18.2 Å². The highest BCUT2D eigenvalue weighted by Gasteiger charge is 2.23. The molecule has 0 heterocycles. The summed E-state index contributed by atoms with van der Waals surface area (Å²) in [6.07, 6.45) is 0.0418. The van der Waals surface area contributed by atoms with Gasteiger partial charge in [-0.3, -0.25) is 0 Å². The largest absolute Gasteiger partial charge is 0.242 e. The van der Waals surface area contributed by atoms with E-state index in [0.717, 1.165) is 0 Å². The van der Waals surface area contributed by atoms with Crippen molar-refractivity contribution in [3.63, 3.8) is 0 Å². The average Bonchev–Trinajstić information content (AvgIpc) is 2.35. The van der Waals surface area contributed by atoms with Crippen LogP contribution in [-0.4, -0.2) is 0 Å². The summed E-state index contributed by atoms with van der Waals surface area (Å²) in [7, 11) is 0. The van der Waals surface area contributed by atoms with E-state index >= 15 is 0 Å². The van der Waals surface area contributed by atoms with Crippen LogP contribution in [0, 0.1) is 5.82 Å². The van der Waals surface area contributed by atoms with E-state index in [1.807, 2.05) is 0 Å². The zero-order valence-electron chi connectivity index (χ0n) is 5.98. The molecule has 2 rings (SSSR count). The second-order valence-corrected chi connectivity index (χ2v) is 2.81. The van der Waals surface area contributed by atoms with Gasteiger partial charge in [-0.15, -0.1) is 0 Å². The van der Waals surface area contributed by atoms with Gasteiger partial charge in [-0.2, -0.15) is 0 Å². The Morgan fingerprint density at radius 1 is 1.36 bits per heavy atom. The molecule has 0 fully saturated rings. The molecule has 1 aliphatic rings. The van der Waals surface area contributed by atoms with Crippen molar-refractivity contribution in [2.24, 2.45) is 0 Å². The Labute approximate surface area is 63.9 Å². The summed E-state index contributed by atoms with van der Waals surface area (Å²) in [4.78, 5) is 0. The minimum absolute atomic E-state index is 0.261. The van der Waals surface area contributed by atoms with E-state index in [0.29, 0.717) is 24.0 Å². The van der Waals surface area contributed by atoms with Crippen LogP contribution in [0.1, 0.15) is 23.7 Å². The summed E-state index contributed by atoms with van der Waals surface area (Å²) in [5.41, 5.74) is 1.12. The standard InChI is InChI=1S/C9H8F2/c10-8-3-1-2-6-7(8)4-5-9(6)11/h1-3,9H,4-5H2. The number of benzene rings is 1. The lowest BCUT2D eigenvalue weighted by Gasteiger charge is -2.00. The van der Waals surface area contributed by atoms with E-state index in [1.54, 1.807) is 12.1 Å². The van der Waals surface area contributed by atoms with Gasteiger partial charge in [0.25, 0.3) is 0 Å². The van der Waals surface area contributed by atoms with Crippen LogP contribution in [0.2, 0.25) is 0 Å². The average molecular weight is 154 g/mol. The van der Waals surface area contributed by atoms with E-state index in [1.165, 1.54) is 6.07 Å². The summed E-state index contributed by atoms with van der Waals surface area (Å²) in [5, 5.41) is 0. The Morgan fingerprint density at radius 2 is 2.18 bits per heavy atom. The van der Waals surface area contributed by atoms with Crippen LogP contribution in [-0.2, 0) is 6.42 Å². The second kappa shape index (κ2) is 2.29. The zero-order valence-corrected chi connectivity index (χ0v) is 5.98. The minimum atomic E-state index is -0.944. The third-order valence-electron chi connectivity index (χ3n) is 2.14. The van der Waals surface area contributed by atoms with Crippen LogP contribution in [0.4, 0.5) is 8.78 Å². The summed E-state index contributed by atoms with van der Waals surface area (Å²) in [6, 6.07) is 4.61. The topological polar surface area (TPSA) is 0 Å². The number of rotatable bonds is 0. The van der Waals surface area contributed by atoms with Gasteiger partial charge in [-0.1, -0.05) is 12.1 Å². The number of hydrogen-bond acceptors (Lipinski definition) is 0. The number of alkyl halides is 1. The maximum absolute atomic E-state index is 12.9. The molecule has 2 heteroatoms. The molecule has 11 heavy (non-hydrogen) atoms. The molecule has 1 unspecified atom stereocenters. The Kier molecular flexibility index (Phi) is 1.41. The van der Waals surface area contributed by atoms with Crippen LogP contribution >= 0.6 is 0 Å². The number of halogens is 2. The number of fused-ring (bicyclic) bond motifs is 1. The maximum Gasteiger partial charge on any atom is 0.126 e. The predicted molar refractivity (Wildman–Crippen MR) is 38.6 cm³/mol. The van der Waals surface area contributed by atoms with Gasteiger partial charge in [0.2, 0.25) is 0 Å². The van der Waals surface area contributed by atoms with Gasteiger partial charge < -0.3 is 0 Å². The molecule has 0 radical (unpaired) electrons. The van der Waals surface area contributed by atoms with E-state index in [-0.39, 0.29) is 5.82 Å². The van der Waals surface area contributed by atoms with E-state index < -0.39 is 6.17 Å². The first-order valence-corrected chi connectivity index (χ1v) is 3.70. The van der Waals surface area contributed by atoms with Crippen molar-refractivity contribution in [2.75, 3.05) is 0 Å². The monoisotopic (exact) mass is 154 g/mol. The Balaban J connectivity index is 2.57. The lowest BCUT2D eigenvalue weighted by molar-refractivity contribution is 0.344. The van der Waals surface area contributed by atoms with E-state index in [9.17, 15) is 8.78 Å². The van der Waals surface area contributed by atoms with Gasteiger partial charge in [0.15, 0.2) is 0 Å². The summed E-state index contributed by atoms with van der Waals surface area (Å²) >= 11 is 0. The van der Waals surface area contributed by atoms with Gasteiger partial charge in [-0.25, -0.2) is 8.78 Å². The highest BCUT2D eigenvalue weighted by molar-refractivity contribution is 5.34. The van der Waals surface area contributed by atoms with E-state index in [4.69, 9.17) is 0 Å². The molecule has 0 N–H and O–H groups in total. The molecule has 0 bridgehead atoms. The Bertz CT molecular complexity index is 281. The molecule has 1 atom stereocenters. The quantitative estimate of drug-likeness (QED) is 0.539. The van der Waals surface area contributed by atoms with Gasteiger partial charge in [0.05, 0.1) is 0 Å². The molecular formula is C9H8F2. The molecule has 0 spiro atoms. The van der Waals surface area contributed by atoms with Gasteiger partial charge in [0, 0.05) is 0 Å². The van der Waals surface area contributed by atoms with Crippen molar-refractivity contribution in [1.82, 2.24) is 0 Å². The molecule has 1 aromatic carbocycles. The molecule has 0 saturated carbocycles. The molecule has 1 aromatic rings. The smallest absolute Gasteiger partial charge is 0.126 e. The molecular weight excluding hydrogens is 146 g/mol. The normalized spacial score (nSPS) is 21.8. The second-order valence-electron chi connectivity index (χ2n) is 2.81. The Morgan fingerprint density at radius 3 is 2.91 bits per heavy atom. The first-order chi connectivity index (χ1) is 5.29. The summed E-state index contributed by atoms with van der Waals surface area (Å²) < 4.78 is 25.8. The van der Waals surface area contributed by atoms with Crippen molar-refractivity contribution >= 4 is 0 Å². The van der Waals surface area contributed by atoms with Crippen molar-refractivity contribution in [3.05, 3.63) is 35.1 Å². The van der Waals surface area contributed by atoms with Crippen LogP contribution in [0.25, 0.3) is 0 Å². The van der Waals surface area contributed by atoms with Crippen LogP contribution < -0.4 is 0 Å². The van der Waals surface area contributed by atoms with Crippen molar-refractivity contribution in [3.8, 4) is 0 Å². The van der Waals surface area contributed by atoms with E-state index in [2.05, 4.69) is 0 Å². The fourth-order valence-electron chi connectivity index (χ4n) is 1.56. The number of hydrogen-bond donors (Lipinski definition) is 0. The Hall–Kier alpha value is -0.920. The molecule has 0 nitrogen and oxygen atoms in total. The first kappa shape index (κ1) is 6.77. The fraction of sp³-hybridized carbons (Fsp3) is 0.333.